The fraction of sp³-hybridized carbons (Fsp3) is 0.727. The first kappa shape index (κ1) is 33.3. The average molecular weight is 596 g/mol. The maximum atomic E-state index is 13.8. The van der Waals surface area contributed by atoms with Crippen LogP contribution in [0.3, 0.4) is 0 Å². The zero-order valence-corrected chi connectivity index (χ0v) is 27.2. The van der Waals surface area contributed by atoms with Crippen molar-refractivity contribution in [1.29, 1.82) is 0 Å². The van der Waals surface area contributed by atoms with Gasteiger partial charge in [-0.25, -0.2) is 0 Å². The summed E-state index contributed by atoms with van der Waals surface area (Å²) in [6.45, 7) is 11.7. The van der Waals surface area contributed by atoms with E-state index in [0.29, 0.717) is 49.5 Å². The van der Waals surface area contributed by atoms with Crippen LogP contribution in [0.4, 0.5) is 0 Å². The Bertz CT molecular complexity index is 1120. The maximum absolute atomic E-state index is 13.8. The third-order valence-electron chi connectivity index (χ3n) is 10.2. The van der Waals surface area contributed by atoms with Gasteiger partial charge in [0.05, 0.1) is 17.6 Å². The highest BCUT2D eigenvalue weighted by atomic mass is 16.7. The summed E-state index contributed by atoms with van der Waals surface area (Å²) >= 11 is 0. The number of aryl methyl sites for hydroxylation is 1. The van der Waals surface area contributed by atoms with E-state index in [1.165, 1.54) is 12.0 Å². The van der Waals surface area contributed by atoms with E-state index in [1.807, 2.05) is 18.2 Å². The molecule has 0 unspecified atom stereocenters. The summed E-state index contributed by atoms with van der Waals surface area (Å²) in [6, 6.07) is 9.62. The Balaban J connectivity index is 1.37. The molecule has 5 rings (SSSR count). The highest BCUT2D eigenvalue weighted by molar-refractivity contribution is 6.48. The fourth-order valence-electron chi connectivity index (χ4n) is 7.50. The third kappa shape index (κ3) is 8.12. The van der Waals surface area contributed by atoms with Gasteiger partial charge in [-0.15, -0.1) is 0 Å². The van der Waals surface area contributed by atoms with Crippen LogP contribution in [0.25, 0.3) is 0 Å². The van der Waals surface area contributed by atoms with Crippen molar-refractivity contribution >= 4 is 24.9 Å². The molecule has 0 radical (unpaired) electrons. The molecule has 3 saturated carbocycles. The molecule has 0 spiro atoms. The maximum Gasteiger partial charge on any atom is 0.481 e. The molecule has 9 nitrogen and oxygen atoms in total. The van der Waals surface area contributed by atoms with Gasteiger partial charge in [0.2, 0.25) is 11.8 Å². The summed E-state index contributed by atoms with van der Waals surface area (Å²) in [5.74, 6) is 1.18. The number of aliphatic imine (C=N–C) groups is 1. The van der Waals surface area contributed by atoms with Gasteiger partial charge in [-0.3, -0.25) is 14.6 Å². The van der Waals surface area contributed by atoms with E-state index >= 15 is 0 Å². The summed E-state index contributed by atoms with van der Waals surface area (Å²) in [7, 11) is 1.12. The Morgan fingerprint density at radius 1 is 1.09 bits per heavy atom. The number of nitrogens with two attached hydrogens (primary N) is 1. The van der Waals surface area contributed by atoms with E-state index in [0.717, 1.165) is 32.1 Å². The van der Waals surface area contributed by atoms with Crippen molar-refractivity contribution in [3.05, 3.63) is 35.9 Å². The smallest absolute Gasteiger partial charge is 0.404 e. The number of unbranched alkanes of at least 4 members (excludes halogenated alkanes) is 1. The molecule has 1 heterocycles. The molecule has 1 aromatic carbocycles. The predicted molar refractivity (Wildman–Crippen MR) is 172 cm³/mol. The van der Waals surface area contributed by atoms with Crippen molar-refractivity contribution in [3.63, 3.8) is 0 Å². The molecule has 0 aromatic heterocycles. The lowest BCUT2D eigenvalue weighted by Crippen LogP contribution is -2.65. The standard InChI is InChI=1S/C33H54BN5O4/c1-22(2)19-28(34-42-27-21-24-20-26(32(24,3)4)33(27,5)43-34)39-30(41)25(16-12-18-37-31(35)36-6)38-29(40)17-11-10-15-23-13-8-7-9-14-23/h7-9,13-14,22,24-28H,10-12,15-21H2,1-6H3,(H,38,40)(H,39,41)(H3,35,36,37)/t24-,25-,26-,27+,28-,33-/m0/s1. The molecular weight excluding hydrogens is 541 g/mol. The minimum Gasteiger partial charge on any atom is -0.404 e. The molecule has 1 aromatic rings. The highest BCUT2D eigenvalue weighted by Crippen LogP contribution is 2.65. The Morgan fingerprint density at radius 3 is 2.51 bits per heavy atom. The summed E-state index contributed by atoms with van der Waals surface area (Å²) in [5, 5.41) is 9.32. The lowest BCUT2D eigenvalue weighted by molar-refractivity contribution is -0.199. The van der Waals surface area contributed by atoms with Crippen LogP contribution >= 0.6 is 0 Å². The summed E-state index contributed by atoms with van der Waals surface area (Å²) in [5.41, 5.74) is 6.94. The van der Waals surface area contributed by atoms with Gasteiger partial charge in [0, 0.05) is 20.0 Å². The molecule has 4 fully saturated rings. The second kappa shape index (κ2) is 14.5. The molecule has 4 aliphatic rings. The first-order valence-corrected chi connectivity index (χ1v) is 16.4. The topological polar surface area (TPSA) is 127 Å². The van der Waals surface area contributed by atoms with E-state index in [-0.39, 0.29) is 34.9 Å². The number of amides is 2. The number of hydrogen-bond donors (Lipinski definition) is 4. The number of carbonyl (C=O) groups is 2. The molecule has 10 heteroatoms. The van der Waals surface area contributed by atoms with E-state index in [1.54, 1.807) is 7.05 Å². The van der Waals surface area contributed by atoms with Gasteiger partial charge in [-0.1, -0.05) is 58.0 Å². The van der Waals surface area contributed by atoms with Crippen LogP contribution in [0.2, 0.25) is 0 Å². The van der Waals surface area contributed by atoms with E-state index in [4.69, 9.17) is 15.0 Å². The Hall–Kier alpha value is -2.59. The number of hydrogen-bond acceptors (Lipinski definition) is 5. The normalized spacial score (nSPS) is 27.2. The molecule has 5 N–H and O–H groups in total. The Labute approximate surface area is 259 Å². The lowest BCUT2D eigenvalue weighted by atomic mass is 9.43. The number of carbonyl (C=O) groups excluding carboxylic acids is 2. The highest BCUT2D eigenvalue weighted by Gasteiger charge is 2.68. The Morgan fingerprint density at radius 2 is 1.84 bits per heavy atom. The number of guanidine groups is 1. The first-order valence-electron chi connectivity index (χ1n) is 16.4. The SMILES string of the molecule is CN=C(N)NCCC[C@H](NC(=O)CCCCc1ccccc1)C(=O)N[C@@H](CC(C)C)B1O[C@@H]2C[C@@H]3C[C@@H](C3(C)C)[C@]2(C)O1. The van der Waals surface area contributed by atoms with Crippen molar-refractivity contribution in [2.45, 2.75) is 116 Å². The van der Waals surface area contributed by atoms with Crippen LogP contribution < -0.4 is 21.7 Å². The predicted octanol–water partition coefficient (Wildman–Crippen LogP) is 4.00. The summed E-state index contributed by atoms with van der Waals surface area (Å²) in [6.07, 6.45) is 7.06. The monoisotopic (exact) mass is 595 g/mol. The molecule has 3 aliphatic carbocycles. The average Bonchev–Trinajstić information content (AvgIpc) is 3.33. The molecule has 2 bridgehead atoms. The quantitative estimate of drug-likeness (QED) is 0.105. The van der Waals surface area contributed by atoms with Crippen molar-refractivity contribution in [2.75, 3.05) is 13.6 Å². The van der Waals surface area contributed by atoms with Crippen LogP contribution in [0.1, 0.15) is 91.5 Å². The van der Waals surface area contributed by atoms with Gasteiger partial charge in [0.1, 0.15) is 6.04 Å². The first-order chi connectivity index (χ1) is 20.4. The van der Waals surface area contributed by atoms with Gasteiger partial charge in [0.25, 0.3) is 0 Å². The van der Waals surface area contributed by atoms with Crippen LogP contribution in [0.15, 0.2) is 35.3 Å². The summed E-state index contributed by atoms with van der Waals surface area (Å²) in [4.78, 5) is 30.7. The van der Waals surface area contributed by atoms with Crippen LogP contribution in [0, 0.1) is 23.2 Å². The van der Waals surface area contributed by atoms with Crippen LogP contribution in [0.5, 0.6) is 0 Å². The summed E-state index contributed by atoms with van der Waals surface area (Å²) < 4.78 is 13.3. The second-order valence-electron chi connectivity index (χ2n) is 14.1. The van der Waals surface area contributed by atoms with Crippen molar-refractivity contribution in [3.8, 4) is 0 Å². The second-order valence-corrected chi connectivity index (χ2v) is 14.1. The lowest BCUT2D eigenvalue weighted by Gasteiger charge is -2.64. The van der Waals surface area contributed by atoms with Gasteiger partial charge in [0.15, 0.2) is 5.96 Å². The van der Waals surface area contributed by atoms with E-state index in [2.05, 4.69) is 67.7 Å². The van der Waals surface area contributed by atoms with E-state index in [9.17, 15) is 9.59 Å². The molecule has 238 valence electrons. The van der Waals surface area contributed by atoms with Gasteiger partial charge in [-0.2, -0.15) is 0 Å². The zero-order valence-electron chi connectivity index (χ0n) is 27.2. The zero-order chi connectivity index (χ0) is 31.2. The molecule has 2 amide bonds. The molecule has 6 atom stereocenters. The number of rotatable bonds is 15. The number of nitrogens with one attached hydrogen (secondary N) is 3. The van der Waals surface area contributed by atoms with Crippen molar-refractivity contribution in [2.24, 2.45) is 33.9 Å². The third-order valence-corrected chi connectivity index (χ3v) is 10.2. The molecule has 1 aliphatic heterocycles. The Kier molecular flexibility index (Phi) is 11.2. The molecule has 43 heavy (non-hydrogen) atoms. The van der Waals surface area contributed by atoms with Crippen LogP contribution in [-0.2, 0) is 25.3 Å². The number of benzene rings is 1. The van der Waals surface area contributed by atoms with Crippen molar-refractivity contribution in [1.82, 2.24) is 16.0 Å². The van der Waals surface area contributed by atoms with E-state index < -0.39 is 13.2 Å². The fourth-order valence-corrected chi connectivity index (χ4v) is 7.50. The minimum atomic E-state index is -0.663. The van der Waals surface area contributed by atoms with Gasteiger partial charge >= 0.3 is 7.12 Å². The largest absolute Gasteiger partial charge is 0.481 e. The molecular formula is C33H54BN5O4. The minimum absolute atomic E-state index is 0.0454. The molecule has 1 saturated heterocycles. The van der Waals surface area contributed by atoms with Crippen LogP contribution in [-0.4, -0.2) is 62.2 Å². The van der Waals surface area contributed by atoms with Gasteiger partial charge < -0.3 is 31.0 Å². The van der Waals surface area contributed by atoms with Gasteiger partial charge in [-0.05, 0) is 87.0 Å². The number of nitrogens with zero attached hydrogens (tertiary/aromatic N) is 1. The van der Waals surface area contributed by atoms with Crippen molar-refractivity contribution < 1.29 is 18.9 Å².